The van der Waals surface area contributed by atoms with Gasteiger partial charge in [0.15, 0.2) is 11.5 Å². The number of halogens is 1. The van der Waals surface area contributed by atoms with Crippen LogP contribution in [0.25, 0.3) is 6.08 Å². The van der Waals surface area contributed by atoms with Crippen molar-refractivity contribution in [1.29, 1.82) is 0 Å². The van der Waals surface area contributed by atoms with Gasteiger partial charge in [-0.15, -0.1) is 0 Å². The van der Waals surface area contributed by atoms with Crippen LogP contribution in [0.1, 0.15) is 70.5 Å². The summed E-state index contributed by atoms with van der Waals surface area (Å²) in [4.78, 5) is 45.1. The largest absolute Gasteiger partial charge is 0.490 e. The molecule has 8 nitrogen and oxygen atoms in total. The van der Waals surface area contributed by atoms with Gasteiger partial charge in [-0.3, -0.25) is 14.9 Å². The van der Waals surface area contributed by atoms with Crippen LogP contribution in [-0.4, -0.2) is 37.5 Å². The van der Waals surface area contributed by atoms with E-state index in [1.165, 1.54) is 22.9 Å². The fourth-order valence-electron chi connectivity index (χ4n) is 8.06. The number of anilines is 2. The molecule has 0 spiro atoms. The van der Waals surface area contributed by atoms with Crippen molar-refractivity contribution in [3.8, 4) is 11.5 Å². The van der Waals surface area contributed by atoms with Crippen molar-refractivity contribution in [2.45, 2.75) is 45.1 Å². The van der Waals surface area contributed by atoms with Crippen LogP contribution >= 0.6 is 15.9 Å². The van der Waals surface area contributed by atoms with Crippen LogP contribution in [0.15, 0.2) is 119 Å². The number of rotatable bonds is 9. The topological polar surface area (TPSA) is 88.2 Å². The van der Waals surface area contributed by atoms with Crippen molar-refractivity contribution in [2.75, 3.05) is 29.5 Å². The minimum Gasteiger partial charge on any atom is -0.490 e. The highest BCUT2D eigenvalue weighted by Crippen LogP contribution is 2.50. The van der Waals surface area contributed by atoms with E-state index in [4.69, 9.17) is 9.47 Å². The van der Waals surface area contributed by atoms with Gasteiger partial charge in [-0.2, -0.15) is 0 Å². The maximum atomic E-state index is 14.4. The third-order valence-electron chi connectivity index (χ3n) is 10.5. The van der Waals surface area contributed by atoms with Gasteiger partial charge in [-0.05, 0) is 106 Å². The number of nitrogens with zero attached hydrogens (tertiary/aromatic N) is 2. The molecule has 5 aromatic rings. The number of imide groups is 2. The molecule has 0 aliphatic carbocycles. The predicted octanol–water partition coefficient (Wildman–Crippen LogP) is 9.28. The second-order valence-electron chi connectivity index (χ2n) is 14.0. The smallest absolute Gasteiger partial charge is 0.335 e. The van der Waals surface area contributed by atoms with Gasteiger partial charge in [0.25, 0.3) is 11.8 Å². The summed E-state index contributed by atoms with van der Waals surface area (Å²) in [5.74, 6) is -0.335. The molecule has 54 heavy (non-hydrogen) atoms. The van der Waals surface area contributed by atoms with E-state index >= 15 is 0 Å². The second-order valence-corrected chi connectivity index (χ2v) is 14.8. The van der Waals surface area contributed by atoms with Crippen LogP contribution in [0.3, 0.4) is 0 Å². The Labute approximate surface area is 323 Å². The van der Waals surface area contributed by atoms with E-state index in [0.29, 0.717) is 40.4 Å². The lowest BCUT2D eigenvalue weighted by atomic mass is 9.76. The van der Waals surface area contributed by atoms with Gasteiger partial charge < -0.3 is 14.4 Å². The normalized spacial score (nSPS) is 18.7. The van der Waals surface area contributed by atoms with E-state index in [1.807, 2.05) is 80.6 Å². The van der Waals surface area contributed by atoms with Crippen molar-refractivity contribution in [2.24, 2.45) is 0 Å². The first-order chi connectivity index (χ1) is 26.3. The van der Waals surface area contributed by atoms with Crippen LogP contribution in [0, 0.1) is 6.92 Å². The lowest BCUT2D eigenvalue weighted by Gasteiger charge is -2.44. The number of aryl methyl sites for hydroxylation is 1. The van der Waals surface area contributed by atoms with E-state index in [2.05, 4.69) is 56.5 Å². The number of hydrogen-bond acceptors (Lipinski definition) is 6. The molecule has 0 saturated carbocycles. The number of nitrogens with one attached hydrogen (secondary N) is 1. The lowest BCUT2D eigenvalue weighted by Crippen LogP contribution is -2.54. The van der Waals surface area contributed by atoms with Gasteiger partial charge in [-0.1, -0.05) is 90.5 Å². The van der Waals surface area contributed by atoms with Gasteiger partial charge >= 0.3 is 6.03 Å². The Kier molecular flexibility index (Phi) is 9.82. The monoisotopic (exact) mass is 781 g/mol. The molecular formula is C45H40BrN3O5. The van der Waals surface area contributed by atoms with Gasteiger partial charge in [-0.25, -0.2) is 9.69 Å². The molecule has 272 valence electrons. The summed E-state index contributed by atoms with van der Waals surface area (Å²) >= 11 is 3.63. The molecule has 5 aromatic carbocycles. The SMILES string of the molecule is CCOc1cc(/C=C2\C(=O)NC(=O)N(c3cc4c5c(c3)[C@H](c3ccccc3)CCN5CC[C@@H]4c3ccccc3)C2=O)cc(Br)c1OCc1cccc(C)c1. The zero-order valence-corrected chi connectivity index (χ0v) is 31.8. The Morgan fingerprint density at radius 3 is 2.06 bits per heavy atom. The van der Waals surface area contributed by atoms with Gasteiger partial charge in [0.2, 0.25) is 0 Å². The fraction of sp³-hybridized carbons (Fsp3) is 0.222. The Morgan fingerprint density at radius 2 is 1.44 bits per heavy atom. The number of carbonyl (C=O) groups is 3. The molecule has 0 aromatic heterocycles. The molecule has 3 aliphatic rings. The number of urea groups is 1. The minimum absolute atomic E-state index is 0.0752. The first-order valence-corrected chi connectivity index (χ1v) is 19.2. The molecule has 1 N–H and O–H groups in total. The zero-order valence-electron chi connectivity index (χ0n) is 30.2. The number of barbiturate groups is 1. The van der Waals surface area contributed by atoms with Crippen LogP contribution in [-0.2, 0) is 16.2 Å². The third kappa shape index (κ3) is 6.80. The van der Waals surface area contributed by atoms with Crippen molar-refractivity contribution in [1.82, 2.24) is 5.32 Å². The number of carbonyl (C=O) groups excluding carboxylic acids is 3. The fourth-order valence-corrected chi connectivity index (χ4v) is 8.63. The maximum absolute atomic E-state index is 14.4. The van der Waals surface area contributed by atoms with Crippen molar-refractivity contribution in [3.05, 3.63) is 158 Å². The summed E-state index contributed by atoms with van der Waals surface area (Å²) < 4.78 is 12.8. The highest BCUT2D eigenvalue weighted by atomic mass is 79.9. The van der Waals surface area contributed by atoms with Gasteiger partial charge in [0, 0.05) is 30.6 Å². The van der Waals surface area contributed by atoms with E-state index in [9.17, 15) is 14.4 Å². The number of ether oxygens (including phenoxy) is 2. The Morgan fingerprint density at radius 1 is 0.796 bits per heavy atom. The average molecular weight is 783 g/mol. The number of amides is 4. The number of benzene rings is 5. The van der Waals surface area contributed by atoms with E-state index in [1.54, 1.807) is 12.1 Å². The highest BCUT2D eigenvalue weighted by molar-refractivity contribution is 9.10. The van der Waals surface area contributed by atoms with Crippen LogP contribution < -0.4 is 24.6 Å². The third-order valence-corrected chi connectivity index (χ3v) is 11.1. The molecule has 8 rings (SSSR count). The zero-order chi connectivity index (χ0) is 37.3. The standard InChI is InChI=1S/C45H40BrN3O5/c1-3-53-40-24-30(23-39(46)42(40)54-27-29-12-10-11-28(2)21-29)22-38-43(50)47-45(52)49(44(38)51)33-25-36-34(31-13-6-4-7-14-31)17-19-48-20-18-35(37(26-33)41(36)48)32-15-8-5-9-16-32/h4-16,21-26,34-35H,3,17-20,27H2,1-2H3,(H,47,50,52)/b38-22+/t34-,35+. The molecule has 1 fully saturated rings. The molecule has 2 atom stereocenters. The van der Waals surface area contributed by atoms with Crippen molar-refractivity contribution < 1.29 is 23.9 Å². The summed E-state index contributed by atoms with van der Waals surface area (Å²) in [7, 11) is 0. The lowest BCUT2D eigenvalue weighted by molar-refractivity contribution is -0.122. The molecule has 0 unspecified atom stereocenters. The molecular weight excluding hydrogens is 742 g/mol. The first kappa shape index (κ1) is 35.4. The molecule has 3 heterocycles. The minimum atomic E-state index is -0.777. The summed E-state index contributed by atoms with van der Waals surface area (Å²) in [6.07, 6.45) is 3.31. The van der Waals surface area contributed by atoms with E-state index in [0.717, 1.165) is 53.1 Å². The molecule has 0 radical (unpaired) electrons. The van der Waals surface area contributed by atoms with Crippen LogP contribution in [0.4, 0.5) is 16.2 Å². The Balaban J connectivity index is 1.19. The van der Waals surface area contributed by atoms with Crippen molar-refractivity contribution in [3.63, 3.8) is 0 Å². The van der Waals surface area contributed by atoms with Crippen LogP contribution in [0.5, 0.6) is 11.5 Å². The highest BCUT2D eigenvalue weighted by Gasteiger charge is 2.40. The summed E-state index contributed by atoms with van der Waals surface area (Å²) in [6, 6.07) is 35.6. The Bertz CT molecular complexity index is 2220. The van der Waals surface area contributed by atoms with Gasteiger partial charge in [0.1, 0.15) is 12.2 Å². The predicted molar refractivity (Wildman–Crippen MR) is 214 cm³/mol. The van der Waals surface area contributed by atoms with Gasteiger partial charge in [0.05, 0.1) is 16.8 Å². The van der Waals surface area contributed by atoms with Crippen LogP contribution in [0.2, 0.25) is 0 Å². The first-order valence-electron chi connectivity index (χ1n) is 18.4. The molecule has 1 saturated heterocycles. The Hall–Kier alpha value is -5.67. The molecule has 4 amide bonds. The maximum Gasteiger partial charge on any atom is 0.335 e. The summed E-state index contributed by atoms with van der Waals surface area (Å²) in [5.41, 5.74) is 8.66. The summed E-state index contributed by atoms with van der Waals surface area (Å²) in [6.45, 7) is 6.44. The second kappa shape index (κ2) is 15.0. The number of hydrogen-bond donors (Lipinski definition) is 1. The summed E-state index contributed by atoms with van der Waals surface area (Å²) in [5, 5.41) is 2.44. The van der Waals surface area contributed by atoms with Crippen molar-refractivity contribution >= 4 is 51.2 Å². The van der Waals surface area contributed by atoms with E-state index in [-0.39, 0.29) is 17.4 Å². The average Bonchev–Trinajstić information content (AvgIpc) is 3.17. The molecule has 9 heteroatoms. The quantitative estimate of drug-likeness (QED) is 0.119. The van der Waals surface area contributed by atoms with E-state index < -0.39 is 17.8 Å². The molecule has 0 bridgehead atoms. The molecule has 3 aliphatic heterocycles.